The lowest BCUT2D eigenvalue weighted by Crippen LogP contribution is -2.23. The van der Waals surface area contributed by atoms with Crippen LogP contribution < -0.4 is 10.9 Å². The van der Waals surface area contributed by atoms with E-state index < -0.39 is 5.97 Å². The predicted molar refractivity (Wildman–Crippen MR) is 115 cm³/mol. The van der Waals surface area contributed by atoms with Crippen molar-refractivity contribution in [2.75, 3.05) is 6.61 Å². The van der Waals surface area contributed by atoms with E-state index in [4.69, 9.17) is 4.74 Å². The van der Waals surface area contributed by atoms with Gasteiger partial charge in [0.15, 0.2) is 12.4 Å². The molecule has 31 heavy (non-hydrogen) atoms. The number of amides is 1. The number of rotatable bonds is 8. The summed E-state index contributed by atoms with van der Waals surface area (Å²) in [5.41, 5.74) is 1.67. The molecular formula is C23H23N3O5. The largest absolute Gasteiger partial charge is 0.457 e. The number of carbonyl (C=O) groups is 3. The number of carbonyl (C=O) groups excluding carboxylic acids is 3. The van der Waals surface area contributed by atoms with Gasteiger partial charge < -0.3 is 10.1 Å². The number of ether oxygens (including phenoxy) is 1. The first-order valence-electron chi connectivity index (χ1n) is 9.82. The number of para-hydroxylation sites is 1. The van der Waals surface area contributed by atoms with E-state index in [2.05, 4.69) is 10.3 Å². The normalized spacial score (nSPS) is 10.6. The number of aromatic nitrogens is 2. The maximum atomic E-state index is 12.4. The van der Waals surface area contributed by atoms with E-state index in [1.807, 2.05) is 0 Å². The number of ketones is 1. The number of aryl methyl sites for hydroxylation is 1. The van der Waals surface area contributed by atoms with Crippen molar-refractivity contribution in [1.82, 2.24) is 14.9 Å². The Labute approximate surface area is 178 Å². The molecule has 0 aliphatic carbocycles. The van der Waals surface area contributed by atoms with Crippen molar-refractivity contribution in [1.29, 1.82) is 0 Å². The molecule has 0 unspecified atom stereocenters. The van der Waals surface area contributed by atoms with E-state index in [9.17, 15) is 19.2 Å². The summed E-state index contributed by atoms with van der Waals surface area (Å²) < 4.78 is 6.51. The molecule has 160 valence electrons. The van der Waals surface area contributed by atoms with Gasteiger partial charge in [-0.2, -0.15) is 0 Å². The van der Waals surface area contributed by atoms with Gasteiger partial charge in [0.2, 0.25) is 5.91 Å². The lowest BCUT2D eigenvalue weighted by Gasteiger charge is -2.09. The van der Waals surface area contributed by atoms with Crippen LogP contribution in [0.5, 0.6) is 0 Å². The van der Waals surface area contributed by atoms with Gasteiger partial charge >= 0.3 is 5.97 Å². The third kappa shape index (κ3) is 5.63. The fourth-order valence-electron chi connectivity index (χ4n) is 3.04. The van der Waals surface area contributed by atoms with E-state index in [1.54, 1.807) is 55.6 Å². The van der Waals surface area contributed by atoms with Gasteiger partial charge in [-0.3, -0.25) is 23.7 Å². The second kappa shape index (κ2) is 9.80. The van der Waals surface area contributed by atoms with Crippen molar-refractivity contribution in [3.63, 3.8) is 0 Å². The van der Waals surface area contributed by atoms with Crippen molar-refractivity contribution < 1.29 is 19.1 Å². The Morgan fingerprint density at radius 2 is 1.77 bits per heavy atom. The monoisotopic (exact) mass is 421 g/mol. The zero-order valence-corrected chi connectivity index (χ0v) is 17.4. The highest BCUT2D eigenvalue weighted by molar-refractivity contribution is 5.98. The summed E-state index contributed by atoms with van der Waals surface area (Å²) in [6, 6.07) is 13.7. The van der Waals surface area contributed by atoms with E-state index in [-0.39, 0.29) is 36.7 Å². The molecule has 0 spiro atoms. The zero-order chi connectivity index (χ0) is 22.4. The molecule has 0 radical (unpaired) electrons. The minimum Gasteiger partial charge on any atom is -0.457 e. The van der Waals surface area contributed by atoms with Crippen LogP contribution in [0.3, 0.4) is 0 Å². The molecule has 1 N–H and O–H groups in total. The van der Waals surface area contributed by atoms with Crippen molar-refractivity contribution in [2.45, 2.75) is 26.3 Å². The smallest absolute Gasteiger partial charge is 0.306 e. The fourth-order valence-corrected chi connectivity index (χ4v) is 3.04. The van der Waals surface area contributed by atoms with Gasteiger partial charge in [0.25, 0.3) is 5.56 Å². The molecule has 8 heteroatoms. The topological polar surface area (TPSA) is 107 Å². The molecule has 8 nitrogen and oxygen atoms in total. The number of fused-ring (bicyclic) bond motifs is 1. The average molecular weight is 421 g/mol. The van der Waals surface area contributed by atoms with Crippen LogP contribution in [-0.2, 0) is 34.3 Å². The Bertz CT molecular complexity index is 1180. The molecule has 0 fully saturated rings. The Balaban J connectivity index is 1.53. The molecule has 3 rings (SSSR count). The van der Waals surface area contributed by atoms with Crippen LogP contribution in [0.15, 0.2) is 53.3 Å². The van der Waals surface area contributed by atoms with Gasteiger partial charge in [0.1, 0.15) is 5.82 Å². The minimum atomic E-state index is -0.543. The lowest BCUT2D eigenvalue weighted by atomic mass is 10.1. The third-order valence-electron chi connectivity index (χ3n) is 4.81. The average Bonchev–Trinajstić information content (AvgIpc) is 2.77. The van der Waals surface area contributed by atoms with Crippen molar-refractivity contribution in [2.24, 2.45) is 7.05 Å². The first-order chi connectivity index (χ1) is 14.8. The summed E-state index contributed by atoms with van der Waals surface area (Å²) in [7, 11) is 1.61. The number of hydrogen-bond acceptors (Lipinski definition) is 6. The van der Waals surface area contributed by atoms with Gasteiger partial charge in [-0.05, 0) is 17.7 Å². The van der Waals surface area contributed by atoms with Gasteiger partial charge in [-0.25, -0.2) is 4.98 Å². The Morgan fingerprint density at radius 3 is 2.48 bits per heavy atom. The quantitative estimate of drug-likeness (QED) is 0.440. The highest BCUT2D eigenvalue weighted by atomic mass is 16.5. The third-order valence-corrected chi connectivity index (χ3v) is 4.81. The molecule has 0 saturated carbocycles. The van der Waals surface area contributed by atoms with E-state index >= 15 is 0 Å². The number of nitrogens with one attached hydrogen (secondary N) is 1. The van der Waals surface area contributed by atoms with E-state index in [0.717, 1.165) is 5.56 Å². The number of benzene rings is 2. The summed E-state index contributed by atoms with van der Waals surface area (Å²) in [5, 5.41) is 3.19. The minimum absolute atomic E-state index is 0.00154. The Hall–Kier alpha value is -3.81. The van der Waals surface area contributed by atoms with Crippen LogP contribution in [-0.4, -0.2) is 33.8 Å². The molecule has 0 atom stereocenters. The van der Waals surface area contributed by atoms with Crippen molar-refractivity contribution in [3.8, 4) is 0 Å². The number of hydrogen-bond donors (Lipinski definition) is 1. The Kier molecular flexibility index (Phi) is 6.92. The Morgan fingerprint density at radius 1 is 1.06 bits per heavy atom. The summed E-state index contributed by atoms with van der Waals surface area (Å²) in [4.78, 5) is 52.1. The second-order valence-corrected chi connectivity index (χ2v) is 7.10. The van der Waals surface area contributed by atoms with Crippen LogP contribution in [0.1, 0.15) is 35.1 Å². The molecule has 3 aromatic rings. The molecule has 0 aliphatic rings. The van der Waals surface area contributed by atoms with Crippen LogP contribution >= 0.6 is 0 Å². The molecule has 1 aromatic heterocycles. The SMILES string of the molecule is CC(=O)NCc1ccc(C(=O)COC(=O)CCc2nc3ccccc3c(=O)n2C)cc1. The maximum Gasteiger partial charge on any atom is 0.306 e. The van der Waals surface area contributed by atoms with Gasteiger partial charge in [-0.1, -0.05) is 36.4 Å². The first-order valence-corrected chi connectivity index (χ1v) is 9.82. The standard InChI is InChI=1S/C23H23N3O5/c1-15(27)24-13-16-7-9-17(10-8-16)20(28)14-31-22(29)12-11-21-25-19-6-4-3-5-18(19)23(30)26(21)2/h3-10H,11-14H2,1-2H3,(H,24,27). The van der Waals surface area contributed by atoms with Crippen molar-refractivity contribution >= 4 is 28.6 Å². The number of nitrogens with zero attached hydrogens (tertiary/aromatic N) is 2. The fraction of sp³-hybridized carbons (Fsp3) is 0.261. The predicted octanol–water partition coefficient (Wildman–Crippen LogP) is 1.93. The van der Waals surface area contributed by atoms with Gasteiger partial charge in [0.05, 0.1) is 17.3 Å². The van der Waals surface area contributed by atoms with Crippen LogP contribution in [0, 0.1) is 0 Å². The van der Waals surface area contributed by atoms with Gasteiger partial charge in [-0.15, -0.1) is 0 Å². The number of esters is 1. The molecular weight excluding hydrogens is 398 g/mol. The van der Waals surface area contributed by atoms with E-state index in [0.29, 0.717) is 28.8 Å². The van der Waals surface area contributed by atoms with Crippen LogP contribution in [0.25, 0.3) is 10.9 Å². The zero-order valence-electron chi connectivity index (χ0n) is 17.4. The highest BCUT2D eigenvalue weighted by Gasteiger charge is 2.13. The second-order valence-electron chi connectivity index (χ2n) is 7.10. The summed E-state index contributed by atoms with van der Waals surface area (Å²) in [5.74, 6) is -0.526. The molecule has 1 amide bonds. The molecule has 1 heterocycles. The summed E-state index contributed by atoms with van der Waals surface area (Å²) in [6.07, 6.45) is 0.225. The maximum absolute atomic E-state index is 12.4. The molecule has 2 aromatic carbocycles. The van der Waals surface area contributed by atoms with E-state index in [1.165, 1.54) is 11.5 Å². The van der Waals surface area contributed by atoms with Crippen LogP contribution in [0.2, 0.25) is 0 Å². The first kappa shape index (κ1) is 21.9. The van der Waals surface area contributed by atoms with Crippen LogP contribution in [0.4, 0.5) is 0 Å². The highest BCUT2D eigenvalue weighted by Crippen LogP contribution is 2.09. The number of Topliss-reactive ketones (excluding diaryl/α,β-unsaturated/α-hetero) is 1. The van der Waals surface area contributed by atoms with Crippen molar-refractivity contribution in [3.05, 3.63) is 75.8 Å². The lowest BCUT2D eigenvalue weighted by molar-refractivity contribution is -0.142. The van der Waals surface area contributed by atoms with Gasteiger partial charge in [0, 0.05) is 32.5 Å². The molecule has 0 saturated heterocycles. The summed E-state index contributed by atoms with van der Waals surface area (Å²) >= 11 is 0. The molecule has 0 aliphatic heterocycles. The molecule has 0 bridgehead atoms. The summed E-state index contributed by atoms with van der Waals surface area (Å²) in [6.45, 7) is 1.44.